The molecule has 114 valence electrons. The van der Waals surface area contributed by atoms with Gasteiger partial charge in [0.1, 0.15) is 11.5 Å². The van der Waals surface area contributed by atoms with Crippen LogP contribution in [0.3, 0.4) is 0 Å². The van der Waals surface area contributed by atoms with E-state index >= 15 is 0 Å². The van der Waals surface area contributed by atoms with Crippen LogP contribution >= 0.6 is 0 Å². The van der Waals surface area contributed by atoms with E-state index in [1.54, 1.807) is 4.90 Å². The molecule has 1 unspecified atom stereocenters. The molecular formula is C13H15FN2O5. The zero-order valence-electron chi connectivity index (χ0n) is 11.4. The van der Waals surface area contributed by atoms with E-state index in [1.165, 1.54) is 0 Å². The lowest BCUT2D eigenvalue weighted by Crippen LogP contribution is -2.22. The van der Waals surface area contributed by atoms with Gasteiger partial charge in [-0.25, -0.2) is 9.18 Å². The zero-order valence-corrected chi connectivity index (χ0v) is 11.4. The minimum absolute atomic E-state index is 0.0104. The number of nitrogens with zero attached hydrogens (tertiary/aromatic N) is 2. The smallest absolute Gasteiger partial charge is 0.340 e. The molecule has 1 N–H and O–H groups in total. The number of aliphatic hydroxyl groups is 1. The van der Waals surface area contributed by atoms with Crippen LogP contribution in [0.2, 0.25) is 0 Å². The Balaban J connectivity index is 2.46. The first-order chi connectivity index (χ1) is 9.97. The van der Waals surface area contributed by atoms with Gasteiger partial charge in [0.2, 0.25) is 0 Å². The minimum atomic E-state index is -0.991. The molecular weight excluding hydrogens is 283 g/mol. The number of hydrogen-bond donors (Lipinski definition) is 1. The summed E-state index contributed by atoms with van der Waals surface area (Å²) in [6, 6.07) is 1.87. The third-order valence-electron chi connectivity index (χ3n) is 3.55. The van der Waals surface area contributed by atoms with E-state index in [-0.39, 0.29) is 23.8 Å². The van der Waals surface area contributed by atoms with Gasteiger partial charge in [0.15, 0.2) is 0 Å². The lowest BCUT2D eigenvalue weighted by atomic mass is 10.1. The fourth-order valence-corrected chi connectivity index (χ4v) is 2.42. The van der Waals surface area contributed by atoms with Crippen LogP contribution in [-0.4, -0.2) is 42.8 Å². The predicted molar refractivity (Wildman–Crippen MR) is 71.8 cm³/mol. The van der Waals surface area contributed by atoms with Crippen molar-refractivity contribution in [1.29, 1.82) is 0 Å². The highest BCUT2D eigenvalue weighted by atomic mass is 19.1. The van der Waals surface area contributed by atoms with Crippen LogP contribution in [0.1, 0.15) is 16.8 Å². The Kier molecular flexibility index (Phi) is 4.37. The van der Waals surface area contributed by atoms with Crippen molar-refractivity contribution >= 4 is 17.3 Å². The van der Waals surface area contributed by atoms with Crippen molar-refractivity contribution in [3.05, 3.63) is 33.6 Å². The third kappa shape index (κ3) is 2.94. The van der Waals surface area contributed by atoms with Gasteiger partial charge < -0.3 is 14.7 Å². The summed E-state index contributed by atoms with van der Waals surface area (Å²) < 4.78 is 18.3. The molecule has 1 heterocycles. The number of ether oxygens (including phenoxy) is 1. The van der Waals surface area contributed by atoms with Gasteiger partial charge in [-0.05, 0) is 12.5 Å². The number of benzene rings is 1. The van der Waals surface area contributed by atoms with E-state index in [0.717, 1.165) is 19.2 Å². The van der Waals surface area contributed by atoms with Crippen LogP contribution in [0, 0.1) is 21.8 Å². The fraction of sp³-hybridized carbons (Fsp3) is 0.462. The Hall–Kier alpha value is -2.22. The van der Waals surface area contributed by atoms with Crippen molar-refractivity contribution in [2.24, 2.45) is 5.92 Å². The first kappa shape index (κ1) is 15.2. The van der Waals surface area contributed by atoms with Gasteiger partial charge in [0.05, 0.1) is 23.7 Å². The molecule has 0 aliphatic carbocycles. The molecule has 1 atom stereocenters. The second-order valence-electron chi connectivity index (χ2n) is 4.85. The maximum Gasteiger partial charge on any atom is 0.340 e. The summed E-state index contributed by atoms with van der Waals surface area (Å²) >= 11 is 0. The van der Waals surface area contributed by atoms with Crippen molar-refractivity contribution in [3.8, 4) is 0 Å². The molecule has 1 aromatic carbocycles. The Morgan fingerprint density at radius 2 is 2.33 bits per heavy atom. The average molecular weight is 298 g/mol. The number of hydrogen-bond acceptors (Lipinski definition) is 6. The largest absolute Gasteiger partial charge is 0.465 e. The number of esters is 1. The Morgan fingerprint density at radius 3 is 2.86 bits per heavy atom. The first-order valence-electron chi connectivity index (χ1n) is 6.40. The van der Waals surface area contributed by atoms with Gasteiger partial charge >= 0.3 is 5.97 Å². The average Bonchev–Trinajstić information content (AvgIpc) is 2.94. The second kappa shape index (κ2) is 6.04. The molecule has 1 aliphatic rings. The topological polar surface area (TPSA) is 92.9 Å². The van der Waals surface area contributed by atoms with E-state index in [4.69, 9.17) is 5.11 Å². The minimum Gasteiger partial charge on any atom is -0.465 e. The lowest BCUT2D eigenvalue weighted by molar-refractivity contribution is -0.384. The van der Waals surface area contributed by atoms with Crippen LogP contribution in [0.5, 0.6) is 0 Å². The molecule has 1 saturated heterocycles. The Morgan fingerprint density at radius 1 is 1.62 bits per heavy atom. The van der Waals surface area contributed by atoms with Crippen molar-refractivity contribution in [1.82, 2.24) is 0 Å². The van der Waals surface area contributed by atoms with Gasteiger partial charge in [-0.15, -0.1) is 0 Å². The number of methoxy groups -OCH3 is 1. The van der Waals surface area contributed by atoms with E-state index in [9.17, 15) is 19.3 Å². The first-order valence-corrected chi connectivity index (χ1v) is 6.40. The van der Waals surface area contributed by atoms with Crippen molar-refractivity contribution in [2.75, 3.05) is 31.7 Å². The van der Waals surface area contributed by atoms with Crippen molar-refractivity contribution in [3.63, 3.8) is 0 Å². The van der Waals surface area contributed by atoms with Gasteiger partial charge in [0, 0.05) is 25.6 Å². The van der Waals surface area contributed by atoms with E-state index in [1.807, 2.05) is 0 Å². The predicted octanol–water partition coefficient (Wildman–Crippen LogP) is 1.34. The number of halogens is 1. The molecule has 2 rings (SSSR count). The standard InChI is InChI=1S/C13H15FN2O5/c1-21-13(18)9-4-11(12(16(19)20)5-10(9)14)15-3-2-8(6-15)7-17/h4-5,8,17H,2-3,6-7H2,1H3. The number of rotatable bonds is 4. The summed E-state index contributed by atoms with van der Waals surface area (Å²) in [7, 11) is 1.11. The molecule has 1 aromatic rings. The molecule has 0 saturated carbocycles. The number of carbonyl (C=O) groups excluding carboxylic acids is 1. The number of anilines is 1. The number of nitro benzene ring substituents is 1. The van der Waals surface area contributed by atoms with Crippen molar-refractivity contribution < 1.29 is 24.0 Å². The van der Waals surface area contributed by atoms with Crippen LogP contribution < -0.4 is 4.90 Å². The summed E-state index contributed by atoms with van der Waals surface area (Å²) in [5.74, 6) is -1.87. The number of nitro groups is 1. The SMILES string of the molecule is COC(=O)c1cc(N2CCC(CO)C2)c([N+](=O)[O-])cc1F. The number of carbonyl (C=O) groups is 1. The highest BCUT2D eigenvalue weighted by Gasteiger charge is 2.30. The van der Waals surface area contributed by atoms with Gasteiger partial charge in [-0.3, -0.25) is 10.1 Å². The van der Waals surface area contributed by atoms with Crippen molar-refractivity contribution in [2.45, 2.75) is 6.42 Å². The normalized spacial score (nSPS) is 17.9. The number of aliphatic hydroxyl groups excluding tert-OH is 1. The monoisotopic (exact) mass is 298 g/mol. The molecule has 0 radical (unpaired) electrons. The molecule has 0 amide bonds. The van der Waals surface area contributed by atoms with Gasteiger partial charge in [0.25, 0.3) is 5.69 Å². The fourth-order valence-electron chi connectivity index (χ4n) is 2.42. The lowest BCUT2D eigenvalue weighted by Gasteiger charge is -2.19. The molecule has 0 spiro atoms. The summed E-state index contributed by atoms with van der Waals surface area (Å²) in [4.78, 5) is 23.6. The van der Waals surface area contributed by atoms with E-state index in [2.05, 4.69) is 4.74 Å². The Bertz CT molecular complexity index is 578. The molecule has 8 heteroatoms. The third-order valence-corrected chi connectivity index (χ3v) is 3.55. The summed E-state index contributed by atoms with van der Waals surface area (Å²) in [6.07, 6.45) is 0.679. The van der Waals surface area contributed by atoms with Crippen LogP contribution in [0.15, 0.2) is 12.1 Å². The molecule has 0 aromatic heterocycles. The molecule has 0 bridgehead atoms. The zero-order chi connectivity index (χ0) is 15.6. The van der Waals surface area contributed by atoms with E-state index in [0.29, 0.717) is 19.5 Å². The summed E-state index contributed by atoms with van der Waals surface area (Å²) in [6.45, 7) is 0.900. The molecule has 7 nitrogen and oxygen atoms in total. The van der Waals surface area contributed by atoms with Crippen LogP contribution in [0.25, 0.3) is 0 Å². The highest BCUT2D eigenvalue weighted by Crippen LogP contribution is 2.34. The maximum atomic E-state index is 13.8. The van der Waals surface area contributed by atoms with Gasteiger partial charge in [-0.2, -0.15) is 0 Å². The second-order valence-corrected chi connectivity index (χ2v) is 4.85. The molecule has 1 aliphatic heterocycles. The molecule has 1 fully saturated rings. The summed E-state index contributed by atoms with van der Waals surface area (Å²) in [5, 5.41) is 20.2. The quantitative estimate of drug-likeness (QED) is 0.512. The van der Waals surface area contributed by atoms with Gasteiger partial charge in [-0.1, -0.05) is 0 Å². The van der Waals surface area contributed by atoms with Crippen LogP contribution in [0.4, 0.5) is 15.8 Å². The molecule has 21 heavy (non-hydrogen) atoms. The van der Waals surface area contributed by atoms with E-state index < -0.39 is 22.4 Å². The van der Waals surface area contributed by atoms with Crippen LogP contribution in [-0.2, 0) is 4.74 Å². The highest BCUT2D eigenvalue weighted by molar-refractivity contribution is 5.92. The maximum absolute atomic E-state index is 13.8. The summed E-state index contributed by atoms with van der Waals surface area (Å²) in [5.41, 5.74) is -0.581. The Labute approximate surface area is 120 Å².